The molecule has 0 heterocycles. The maximum absolute atomic E-state index is 13.0. The maximum Gasteiger partial charge on any atom is 0.422 e. The predicted molar refractivity (Wildman–Crippen MR) is 44.6 cm³/mol. The third-order valence-electron chi connectivity index (χ3n) is 1.57. The van der Waals surface area contributed by atoms with Crippen LogP contribution in [-0.2, 0) is 0 Å². The molecule has 9 heteroatoms. The van der Waals surface area contributed by atoms with Crippen LogP contribution < -0.4 is 4.74 Å². The first-order valence-corrected chi connectivity index (χ1v) is 4.03. The average Bonchev–Trinajstić information content (AvgIpc) is 2.14. The molecule has 0 aromatic heterocycles. The van der Waals surface area contributed by atoms with Crippen molar-refractivity contribution >= 4 is 5.69 Å². The summed E-state index contributed by atoms with van der Waals surface area (Å²) in [6.07, 6.45) is -4.76. The minimum Gasteiger partial charge on any atom is -0.478 e. The van der Waals surface area contributed by atoms with Gasteiger partial charge in [0.25, 0.3) is 5.69 Å². The fraction of sp³-hybridized carbons (Fsp3) is 0.250. The van der Waals surface area contributed by atoms with Crippen molar-refractivity contribution in [2.75, 3.05) is 6.61 Å². The van der Waals surface area contributed by atoms with Crippen LogP contribution in [-0.4, -0.2) is 17.7 Å². The number of nitrogens with zero attached hydrogens (tertiary/aromatic N) is 1. The van der Waals surface area contributed by atoms with Crippen molar-refractivity contribution in [3.05, 3.63) is 33.9 Å². The molecule has 0 unspecified atom stereocenters. The normalized spacial score (nSPS) is 11.4. The highest BCUT2D eigenvalue weighted by molar-refractivity contribution is 5.39. The lowest BCUT2D eigenvalue weighted by atomic mass is 10.3. The number of halogens is 5. The Hall–Kier alpha value is -1.93. The fourth-order valence-corrected chi connectivity index (χ4v) is 0.944. The lowest BCUT2D eigenvalue weighted by molar-refractivity contribution is -0.385. The molecule has 0 saturated carbocycles. The van der Waals surface area contributed by atoms with Gasteiger partial charge in [0.15, 0.2) is 24.0 Å². The first kappa shape index (κ1) is 13.1. The maximum atomic E-state index is 13.0. The molecule has 4 nitrogen and oxygen atoms in total. The van der Waals surface area contributed by atoms with Gasteiger partial charge in [-0.1, -0.05) is 0 Å². The van der Waals surface area contributed by atoms with E-state index >= 15 is 0 Å². The minimum absolute atomic E-state index is 0.273. The van der Waals surface area contributed by atoms with Crippen LogP contribution in [0.5, 0.6) is 5.75 Å². The highest BCUT2D eigenvalue weighted by atomic mass is 19.4. The Morgan fingerprint density at radius 2 is 1.71 bits per heavy atom. The van der Waals surface area contributed by atoms with Gasteiger partial charge in [-0.25, -0.2) is 8.78 Å². The number of benzene rings is 1. The Kier molecular flexibility index (Phi) is 3.49. The Morgan fingerprint density at radius 3 is 2.06 bits per heavy atom. The van der Waals surface area contributed by atoms with E-state index in [2.05, 4.69) is 4.74 Å². The van der Waals surface area contributed by atoms with Gasteiger partial charge in [-0.2, -0.15) is 13.2 Å². The van der Waals surface area contributed by atoms with Gasteiger partial charge in [0.05, 0.1) is 17.1 Å². The molecule has 0 radical (unpaired) electrons. The van der Waals surface area contributed by atoms with Gasteiger partial charge in [0.1, 0.15) is 0 Å². The van der Waals surface area contributed by atoms with Gasteiger partial charge in [-0.05, 0) is 0 Å². The molecule has 0 aliphatic carbocycles. The van der Waals surface area contributed by atoms with E-state index < -0.39 is 40.8 Å². The van der Waals surface area contributed by atoms with Crippen molar-refractivity contribution in [3.8, 4) is 5.75 Å². The fourth-order valence-electron chi connectivity index (χ4n) is 0.944. The van der Waals surface area contributed by atoms with E-state index in [9.17, 15) is 32.1 Å². The molecule has 94 valence electrons. The summed E-state index contributed by atoms with van der Waals surface area (Å²) in [5.74, 6) is -4.44. The van der Waals surface area contributed by atoms with Gasteiger partial charge in [0, 0.05) is 0 Å². The highest BCUT2D eigenvalue weighted by Gasteiger charge is 2.30. The number of hydrogen-bond acceptors (Lipinski definition) is 3. The van der Waals surface area contributed by atoms with E-state index in [0.717, 1.165) is 0 Å². The molecule has 0 N–H and O–H groups in total. The number of non-ortho nitro benzene ring substituents is 1. The van der Waals surface area contributed by atoms with Crippen molar-refractivity contribution in [1.82, 2.24) is 0 Å². The van der Waals surface area contributed by atoms with Gasteiger partial charge >= 0.3 is 6.18 Å². The first-order chi connectivity index (χ1) is 7.70. The van der Waals surface area contributed by atoms with E-state index in [1.165, 1.54) is 0 Å². The third kappa shape index (κ3) is 3.54. The molecule has 17 heavy (non-hydrogen) atoms. The number of ether oxygens (including phenoxy) is 1. The lowest BCUT2D eigenvalue weighted by Crippen LogP contribution is -2.20. The second-order valence-corrected chi connectivity index (χ2v) is 2.90. The predicted octanol–water partition coefficient (Wildman–Crippen LogP) is 2.81. The molecule has 0 aliphatic rings. The zero-order valence-corrected chi connectivity index (χ0v) is 7.92. The molecule has 0 fully saturated rings. The zero-order chi connectivity index (χ0) is 13.2. The Bertz CT molecular complexity index is 422. The van der Waals surface area contributed by atoms with Crippen LogP contribution in [0.1, 0.15) is 0 Å². The van der Waals surface area contributed by atoms with Crippen LogP contribution in [0.3, 0.4) is 0 Å². The largest absolute Gasteiger partial charge is 0.478 e. The topological polar surface area (TPSA) is 52.4 Å². The summed E-state index contributed by atoms with van der Waals surface area (Å²) in [7, 11) is 0. The summed E-state index contributed by atoms with van der Waals surface area (Å²) < 4.78 is 65.1. The third-order valence-corrected chi connectivity index (χ3v) is 1.57. The minimum atomic E-state index is -4.76. The standard InChI is InChI=1S/C8H4F5NO3/c9-5-1-4(14(15)16)2-6(10)7(5)17-3-8(11,12)13/h1-2H,3H2. The van der Waals surface area contributed by atoms with E-state index in [1.54, 1.807) is 0 Å². The Labute approximate surface area is 90.8 Å². The quantitative estimate of drug-likeness (QED) is 0.475. The van der Waals surface area contributed by atoms with Gasteiger partial charge < -0.3 is 4.74 Å². The van der Waals surface area contributed by atoms with Crippen molar-refractivity contribution in [2.24, 2.45) is 0 Å². The molecule has 0 spiro atoms. The molecule has 0 amide bonds. The van der Waals surface area contributed by atoms with E-state index in [1.807, 2.05) is 0 Å². The van der Waals surface area contributed by atoms with Crippen molar-refractivity contribution in [2.45, 2.75) is 6.18 Å². The lowest BCUT2D eigenvalue weighted by Gasteiger charge is -2.10. The van der Waals surface area contributed by atoms with Crippen molar-refractivity contribution in [3.63, 3.8) is 0 Å². The summed E-state index contributed by atoms with van der Waals surface area (Å²) in [5, 5.41) is 10.2. The molecular weight excluding hydrogens is 253 g/mol. The summed E-state index contributed by atoms with van der Waals surface area (Å²) in [6, 6.07) is 0.545. The van der Waals surface area contributed by atoms with Crippen LogP contribution in [0, 0.1) is 21.7 Å². The highest BCUT2D eigenvalue weighted by Crippen LogP contribution is 2.28. The molecular formula is C8H4F5NO3. The summed E-state index contributed by atoms with van der Waals surface area (Å²) in [5.41, 5.74) is -0.917. The summed E-state index contributed by atoms with van der Waals surface area (Å²) in [6.45, 7) is -1.89. The van der Waals surface area contributed by atoms with Crippen LogP contribution in [0.25, 0.3) is 0 Å². The Morgan fingerprint density at radius 1 is 1.24 bits per heavy atom. The van der Waals surface area contributed by atoms with E-state index in [-0.39, 0.29) is 12.1 Å². The monoisotopic (exact) mass is 257 g/mol. The molecule has 0 atom stereocenters. The van der Waals surface area contributed by atoms with Gasteiger partial charge in [-0.15, -0.1) is 0 Å². The number of alkyl halides is 3. The van der Waals surface area contributed by atoms with Crippen LogP contribution in [0.15, 0.2) is 12.1 Å². The van der Waals surface area contributed by atoms with Gasteiger partial charge in [0.2, 0.25) is 0 Å². The summed E-state index contributed by atoms with van der Waals surface area (Å²) in [4.78, 5) is 9.10. The number of rotatable bonds is 3. The Balaban J connectivity index is 2.98. The van der Waals surface area contributed by atoms with Crippen LogP contribution >= 0.6 is 0 Å². The second kappa shape index (κ2) is 4.52. The zero-order valence-electron chi connectivity index (χ0n) is 7.92. The second-order valence-electron chi connectivity index (χ2n) is 2.90. The molecule has 0 aliphatic heterocycles. The molecule has 0 bridgehead atoms. The number of hydrogen-bond donors (Lipinski definition) is 0. The molecule has 0 saturated heterocycles. The molecule has 1 aromatic rings. The smallest absolute Gasteiger partial charge is 0.422 e. The van der Waals surface area contributed by atoms with Crippen molar-refractivity contribution in [1.29, 1.82) is 0 Å². The van der Waals surface area contributed by atoms with E-state index in [0.29, 0.717) is 0 Å². The van der Waals surface area contributed by atoms with Gasteiger partial charge in [-0.3, -0.25) is 10.1 Å². The first-order valence-electron chi connectivity index (χ1n) is 4.03. The average molecular weight is 257 g/mol. The number of nitro benzene ring substituents is 1. The molecule has 1 rings (SSSR count). The molecule has 1 aromatic carbocycles. The van der Waals surface area contributed by atoms with Crippen LogP contribution in [0.2, 0.25) is 0 Å². The summed E-state index contributed by atoms with van der Waals surface area (Å²) >= 11 is 0. The van der Waals surface area contributed by atoms with Crippen LogP contribution in [0.4, 0.5) is 27.6 Å². The van der Waals surface area contributed by atoms with E-state index in [4.69, 9.17) is 0 Å². The number of nitro groups is 1. The SMILES string of the molecule is O=[N+]([O-])c1cc(F)c(OCC(F)(F)F)c(F)c1. The van der Waals surface area contributed by atoms with Crippen molar-refractivity contribution < 1.29 is 31.6 Å².